The van der Waals surface area contributed by atoms with Gasteiger partial charge in [-0.15, -0.1) is 0 Å². The van der Waals surface area contributed by atoms with Crippen molar-refractivity contribution in [2.24, 2.45) is 0 Å². The summed E-state index contributed by atoms with van der Waals surface area (Å²) in [5.41, 5.74) is 1.41. The number of nitrogens with zero attached hydrogens (tertiary/aromatic N) is 2. The second-order valence-electron chi connectivity index (χ2n) is 4.66. The number of fused-ring (bicyclic) bond motifs is 1. The molecule has 0 bridgehead atoms. The number of oxazole rings is 1. The number of hydrogen-bond donors (Lipinski definition) is 1. The molecule has 1 heterocycles. The van der Waals surface area contributed by atoms with Crippen molar-refractivity contribution in [2.45, 2.75) is 13.8 Å². The van der Waals surface area contributed by atoms with Crippen molar-refractivity contribution in [3.8, 4) is 0 Å². The molecule has 0 spiro atoms. The van der Waals surface area contributed by atoms with Crippen LogP contribution in [0.25, 0.3) is 17.2 Å². The molecular formula is C16H19N3O3. The number of para-hydroxylation sites is 2. The van der Waals surface area contributed by atoms with Crippen molar-refractivity contribution in [2.75, 3.05) is 19.6 Å². The molecule has 116 valence electrons. The van der Waals surface area contributed by atoms with E-state index >= 15 is 0 Å². The summed E-state index contributed by atoms with van der Waals surface area (Å²) in [7, 11) is 0. The Balaban J connectivity index is 2.03. The van der Waals surface area contributed by atoms with Gasteiger partial charge in [0.05, 0.1) is 6.54 Å². The number of carbonyl (C=O) groups is 2. The van der Waals surface area contributed by atoms with Crippen molar-refractivity contribution in [3.63, 3.8) is 0 Å². The van der Waals surface area contributed by atoms with Crippen LogP contribution in [-0.4, -0.2) is 41.3 Å². The standard InChI is InChI=1S/C16H19N3O3/c1-3-17-14(20)11-19(4-2)16(21)10-9-15-18-12-7-5-6-8-13(12)22-15/h5-10H,3-4,11H2,1-2H3,(H,17,20)/b10-9+. The Morgan fingerprint density at radius 1 is 1.32 bits per heavy atom. The number of nitrogens with one attached hydrogen (secondary N) is 1. The molecule has 1 aromatic heterocycles. The number of benzene rings is 1. The Bertz CT molecular complexity index is 658. The number of aromatic nitrogens is 1. The summed E-state index contributed by atoms with van der Waals surface area (Å²) in [6.07, 6.45) is 2.89. The summed E-state index contributed by atoms with van der Waals surface area (Å²) >= 11 is 0. The van der Waals surface area contributed by atoms with Crippen molar-refractivity contribution in [3.05, 3.63) is 36.2 Å². The van der Waals surface area contributed by atoms with Crippen LogP contribution in [0.1, 0.15) is 19.7 Å². The molecule has 1 aromatic carbocycles. The fraction of sp³-hybridized carbons (Fsp3) is 0.312. The monoisotopic (exact) mass is 301 g/mol. The van der Waals surface area contributed by atoms with Gasteiger partial charge in [0.25, 0.3) is 0 Å². The zero-order chi connectivity index (χ0) is 15.9. The maximum Gasteiger partial charge on any atom is 0.247 e. The fourth-order valence-electron chi connectivity index (χ4n) is 1.98. The molecular weight excluding hydrogens is 282 g/mol. The van der Waals surface area contributed by atoms with E-state index in [-0.39, 0.29) is 18.4 Å². The van der Waals surface area contributed by atoms with Gasteiger partial charge in [0.15, 0.2) is 5.58 Å². The molecule has 0 radical (unpaired) electrons. The van der Waals surface area contributed by atoms with Crippen LogP contribution in [0.4, 0.5) is 0 Å². The number of amides is 2. The second kappa shape index (κ2) is 7.40. The Kier molecular flexibility index (Phi) is 5.30. The average Bonchev–Trinajstić information content (AvgIpc) is 2.93. The summed E-state index contributed by atoms with van der Waals surface area (Å²) in [5.74, 6) is -0.0624. The highest BCUT2D eigenvalue weighted by Crippen LogP contribution is 2.15. The number of rotatable bonds is 6. The van der Waals surface area contributed by atoms with Gasteiger partial charge in [0, 0.05) is 25.2 Å². The van der Waals surface area contributed by atoms with Crippen LogP contribution in [0.5, 0.6) is 0 Å². The fourth-order valence-corrected chi connectivity index (χ4v) is 1.98. The van der Waals surface area contributed by atoms with Crippen LogP contribution in [0.3, 0.4) is 0 Å². The zero-order valence-electron chi connectivity index (χ0n) is 12.7. The van der Waals surface area contributed by atoms with Gasteiger partial charge in [-0.25, -0.2) is 4.98 Å². The maximum absolute atomic E-state index is 12.1. The quantitative estimate of drug-likeness (QED) is 0.826. The Morgan fingerprint density at radius 3 is 2.77 bits per heavy atom. The second-order valence-corrected chi connectivity index (χ2v) is 4.66. The molecule has 0 atom stereocenters. The van der Waals surface area contributed by atoms with Crippen molar-refractivity contribution in [1.82, 2.24) is 15.2 Å². The number of hydrogen-bond acceptors (Lipinski definition) is 4. The SMILES string of the molecule is CCNC(=O)CN(CC)C(=O)/C=C/c1nc2ccccc2o1. The molecule has 0 fully saturated rings. The van der Waals surface area contributed by atoms with Crippen LogP contribution in [0.2, 0.25) is 0 Å². The van der Waals surface area contributed by atoms with Crippen LogP contribution in [0.15, 0.2) is 34.8 Å². The molecule has 22 heavy (non-hydrogen) atoms. The first kappa shape index (κ1) is 15.8. The molecule has 2 rings (SSSR count). The Morgan fingerprint density at radius 2 is 2.09 bits per heavy atom. The van der Waals surface area contributed by atoms with E-state index < -0.39 is 0 Å². The Labute approximate surface area is 128 Å². The maximum atomic E-state index is 12.1. The molecule has 0 aliphatic rings. The molecule has 0 aliphatic carbocycles. The van der Waals surface area contributed by atoms with Crippen LogP contribution < -0.4 is 5.32 Å². The third-order valence-corrected chi connectivity index (χ3v) is 3.08. The zero-order valence-corrected chi connectivity index (χ0v) is 12.7. The van der Waals surface area contributed by atoms with Crippen molar-refractivity contribution >= 4 is 29.0 Å². The van der Waals surface area contributed by atoms with E-state index in [1.54, 1.807) is 0 Å². The highest BCUT2D eigenvalue weighted by molar-refractivity contribution is 5.94. The first-order valence-corrected chi connectivity index (χ1v) is 7.23. The van der Waals surface area contributed by atoms with Gasteiger partial charge in [-0.05, 0) is 26.0 Å². The van der Waals surface area contributed by atoms with Gasteiger partial charge in [0.2, 0.25) is 17.7 Å². The van der Waals surface area contributed by atoms with Crippen LogP contribution in [-0.2, 0) is 9.59 Å². The topological polar surface area (TPSA) is 75.4 Å². The molecule has 0 saturated heterocycles. The first-order chi connectivity index (χ1) is 10.6. The minimum atomic E-state index is -0.254. The number of carbonyl (C=O) groups excluding carboxylic acids is 2. The predicted molar refractivity (Wildman–Crippen MR) is 84.0 cm³/mol. The summed E-state index contributed by atoms with van der Waals surface area (Å²) < 4.78 is 5.50. The Hall–Kier alpha value is -2.63. The van der Waals surface area contributed by atoms with Gasteiger partial charge in [0.1, 0.15) is 5.52 Å². The van der Waals surface area contributed by atoms with Crippen LogP contribution in [0, 0.1) is 0 Å². The largest absolute Gasteiger partial charge is 0.437 e. The van der Waals surface area contributed by atoms with E-state index in [4.69, 9.17) is 4.42 Å². The summed E-state index contributed by atoms with van der Waals surface area (Å²) in [6, 6.07) is 7.38. The van der Waals surface area contributed by atoms with Gasteiger partial charge < -0.3 is 14.6 Å². The first-order valence-electron chi connectivity index (χ1n) is 7.23. The van der Waals surface area contributed by atoms with Gasteiger partial charge in [-0.3, -0.25) is 9.59 Å². The van der Waals surface area contributed by atoms with Crippen molar-refractivity contribution < 1.29 is 14.0 Å². The molecule has 6 nitrogen and oxygen atoms in total. The predicted octanol–water partition coefficient (Wildman–Crippen LogP) is 1.83. The molecule has 0 aliphatic heterocycles. The smallest absolute Gasteiger partial charge is 0.247 e. The van der Waals surface area contributed by atoms with Crippen LogP contribution >= 0.6 is 0 Å². The molecule has 2 amide bonds. The van der Waals surface area contributed by atoms with Gasteiger partial charge in [-0.1, -0.05) is 12.1 Å². The lowest BCUT2D eigenvalue weighted by atomic mass is 10.3. The minimum absolute atomic E-state index is 0.0427. The summed E-state index contributed by atoms with van der Waals surface area (Å²) in [6.45, 7) is 4.70. The van der Waals surface area contributed by atoms with E-state index in [0.29, 0.717) is 24.6 Å². The average molecular weight is 301 g/mol. The van der Waals surface area contributed by atoms with Gasteiger partial charge >= 0.3 is 0 Å². The highest BCUT2D eigenvalue weighted by atomic mass is 16.3. The van der Waals surface area contributed by atoms with Crippen molar-refractivity contribution in [1.29, 1.82) is 0 Å². The highest BCUT2D eigenvalue weighted by Gasteiger charge is 2.12. The van der Waals surface area contributed by atoms with E-state index in [9.17, 15) is 9.59 Å². The summed E-state index contributed by atoms with van der Waals surface area (Å²) in [5, 5.41) is 2.67. The molecule has 0 unspecified atom stereocenters. The lowest BCUT2D eigenvalue weighted by Gasteiger charge is -2.18. The van der Waals surface area contributed by atoms with E-state index in [0.717, 1.165) is 5.52 Å². The van der Waals surface area contributed by atoms with E-state index in [1.165, 1.54) is 17.1 Å². The third-order valence-electron chi connectivity index (χ3n) is 3.08. The molecule has 2 aromatic rings. The lowest BCUT2D eigenvalue weighted by Crippen LogP contribution is -2.39. The van der Waals surface area contributed by atoms with E-state index in [2.05, 4.69) is 10.3 Å². The third kappa shape index (κ3) is 3.94. The molecule has 0 saturated carbocycles. The molecule has 6 heteroatoms. The number of likely N-dealkylation sites (N-methyl/N-ethyl adjacent to an activating group) is 2. The minimum Gasteiger partial charge on any atom is -0.437 e. The normalized spacial score (nSPS) is 11.0. The van der Waals surface area contributed by atoms with E-state index in [1.807, 2.05) is 38.1 Å². The lowest BCUT2D eigenvalue weighted by molar-refractivity contribution is -0.132. The molecule has 1 N–H and O–H groups in total. The van der Waals surface area contributed by atoms with Gasteiger partial charge in [-0.2, -0.15) is 0 Å². The summed E-state index contributed by atoms with van der Waals surface area (Å²) in [4.78, 5) is 29.3.